The van der Waals surface area contributed by atoms with Gasteiger partial charge in [0.2, 0.25) is 0 Å². The van der Waals surface area contributed by atoms with Gasteiger partial charge in [0.1, 0.15) is 11.6 Å². The fourth-order valence-corrected chi connectivity index (χ4v) is 2.62. The topological polar surface area (TPSA) is 21.3 Å². The zero-order chi connectivity index (χ0) is 15.4. The van der Waals surface area contributed by atoms with Crippen molar-refractivity contribution in [3.8, 4) is 5.75 Å². The van der Waals surface area contributed by atoms with Gasteiger partial charge in [-0.1, -0.05) is 34.8 Å². The first kappa shape index (κ1) is 16.2. The Labute approximate surface area is 137 Å². The van der Waals surface area contributed by atoms with Gasteiger partial charge in [-0.3, -0.25) is 0 Å². The average Bonchev–Trinajstić information content (AvgIpc) is 2.43. The molecule has 0 unspecified atom stereocenters. The highest BCUT2D eigenvalue weighted by atomic mass is 35.5. The van der Waals surface area contributed by atoms with E-state index in [-0.39, 0.29) is 5.02 Å². The second kappa shape index (κ2) is 7.21. The third kappa shape index (κ3) is 4.16. The first-order chi connectivity index (χ1) is 10.0. The first-order valence-corrected chi connectivity index (χ1v) is 7.44. The molecule has 0 aromatic heterocycles. The Hall–Kier alpha value is -1.16. The lowest BCUT2D eigenvalue weighted by molar-refractivity contribution is 0.337. The van der Waals surface area contributed by atoms with Crippen molar-refractivity contribution in [3.63, 3.8) is 0 Å². The Morgan fingerprint density at radius 1 is 1.10 bits per heavy atom. The molecule has 0 saturated heterocycles. The Bertz CT molecular complexity index is 649. The number of benzene rings is 2. The fraction of sp³-hybridized carbons (Fsp3) is 0.200. The molecule has 2 rings (SSSR count). The SMILES string of the molecule is CCOc1c(Cl)cc(Cl)cc1CNc1ccc(F)c(Cl)c1. The molecular weight excluding hydrogens is 336 g/mol. The lowest BCUT2D eigenvalue weighted by Crippen LogP contribution is -2.04. The third-order valence-corrected chi connectivity index (χ3v) is 3.57. The monoisotopic (exact) mass is 347 g/mol. The standard InChI is InChI=1S/C15H13Cl3FNO/c1-2-21-15-9(5-10(16)6-13(15)18)8-20-11-3-4-14(19)12(17)7-11/h3-7,20H,2,8H2,1H3. The summed E-state index contributed by atoms with van der Waals surface area (Å²) in [7, 11) is 0. The van der Waals surface area contributed by atoms with Gasteiger partial charge in [-0.05, 0) is 37.3 Å². The van der Waals surface area contributed by atoms with E-state index < -0.39 is 5.82 Å². The summed E-state index contributed by atoms with van der Waals surface area (Å²) in [5.41, 5.74) is 1.51. The predicted octanol–water partition coefficient (Wildman–Crippen LogP) is 5.80. The van der Waals surface area contributed by atoms with Crippen molar-refractivity contribution >= 4 is 40.5 Å². The largest absolute Gasteiger partial charge is 0.492 e. The second-order valence-corrected chi connectivity index (χ2v) is 5.54. The van der Waals surface area contributed by atoms with Gasteiger partial charge in [-0.25, -0.2) is 4.39 Å². The molecule has 6 heteroatoms. The lowest BCUT2D eigenvalue weighted by atomic mass is 10.2. The predicted molar refractivity (Wildman–Crippen MR) is 86.4 cm³/mol. The molecule has 2 nitrogen and oxygen atoms in total. The van der Waals surface area contributed by atoms with Crippen molar-refractivity contribution in [3.05, 3.63) is 56.8 Å². The van der Waals surface area contributed by atoms with Crippen LogP contribution in [0, 0.1) is 5.82 Å². The minimum atomic E-state index is -0.456. The summed E-state index contributed by atoms with van der Waals surface area (Å²) in [5.74, 6) is 0.132. The van der Waals surface area contributed by atoms with Crippen LogP contribution in [0.3, 0.4) is 0 Å². The number of halogens is 4. The Morgan fingerprint density at radius 2 is 1.86 bits per heavy atom. The smallest absolute Gasteiger partial charge is 0.142 e. The van der Waals surface area contributed by atoms with Gasteiger partial charge in [0, 0.05) is 22.8 Å². The van der Waals surface area contributed by atoms with Crippen LogP contribution in [-0.4, -0.2) is 6.61 Å². The maximum Gasteiger partial charge on any atom is 0.142 e. The molecule has 0 aliphatic carbocycles. The summed E-state index contributed by atoms with van der Waals surface area (Å²) in [6, 6.07) is 7.83. The number of nitrogens with one attached hydrogen (secondary N) is 1. The molecule has 0 aliphatic rings. The van der Waals surface area contributed by atoms with Gasteiger partial charge >= 0.3 is 0 Å². The molecule has 2 aromatic carbocycles. The zero-order valence-electron chi connectivity index (χ0n) is 11.2. The molecule has 0 aliphatic heterocycles. The molecule has 0 heterocycles. The van der Waals surface area contributed by atoms with E-state index in [1.165, 1.54) is 12.1 Å². The summed E-state index contributed by atoms with van der Waals surface area (Å²) in [6.07, 6.45) is 0. The van der Waals surface area contributed by atoms with Crippen LogP contribution in [0.15, 0.2) is 30.3 Å². The van der Waals surface area contributed by atoms with Crippen LogP contribution in [0.2, 0.25) is 15.1 Å². The summed E-state index contributed by atoms with van der Waals surface area (Å²) >= 11 is 17.9. The Balaban J connectivity index is 2.20. The van der Waals surface area contributed by atoms with Crippen molar-refractivity contribution in [2.75, 3.05) is 11.9 Å². The Kier molecular flexibility index (Phi) is 5.57. The molecule has 0 bridgehead atoms. The highest BCUT2D eigenvalue weighted by Crippen LogP contribution is 2.33. The number of anilines is 1. The van der Waals surface area contributed by atoms with Crippen molar-refractivity contribution in [2.45, 2.75) is 13.5 Å². The fourth-order valence-electron chi connectivity index (χ4n) is 1.85. The normalized spacial score (nSPS) is 10.5. The molecule has 0 fully saturated rings. The Morgan fingerprint density at radius 3 is 2.52 bits per heavy atom. The molecule has 0 atom stereocenters. The average molecular weight is 349 g/mol. The minimum absolute atomic E-state index is 0.0640. The third-order valence-electron chi connectivity index (χ3n) is 2.78. The number of hydrogen-bond donors (Lipinski definition) is 1. The van der Waals surface area contributed by atoms with Crippen molar-refractivity contribution in [1.29, 1.82) is 0 Å². The van der Waals surface area contributed by atoms with Crippen molar-refractivity contribution in [2.24, 2.45) is 0 Å². The molecule has 0 amide bonds. The lowest BCUT2D eigenvalue weighted by Gasteiger charge is -2.14. The molecule has 0 spiro atoms. The molecule has 1 N–H and O–H groups in total. The van der Waals surface area contributed by atoms with E-state index in [1.54, 1.807) is 18.2 Å². The second-order valence-electron chi connectivity index (χ2n) is 4.29. The van der Waals surface area contributed by atoms with E-state index in [2.05, 4.69) is 5.32 Å². The van der Waals surface area contributed by atoms with Crippen LogP contribution in [-0.2, 0) is 6.54 Å². The molecule has 0 radical (unpaired) electrons. The van der Waals surface area contributed by atoms with E-state index in [4.69, 9.17) is 39.5 Å². The molecule has 0 saturated carbocycles. The molecule has 2 aromatic rings. The molecule has 112 valence electrons. The van der Waals surface area contributed by atoms with Crippen LogP contribution in [0.1, 0.15) is 12.5 Å². The van der Waals surface area contributed by atoms with E-state index in [1.807, 2.05) is 6.92 Å². The highest BCUT2D eigenvalue weighted by Gasteiger charge is 2.11. The van der Waals surface area contributed by atoms with Crippen molar-refractivity contribution < 1.29 is 9.13 Å². The highest BCUT2D eigenvalue weighted by molar-refractivity contribution is 6.35. The van der Waals surface area contributed by atoms with Gasteiger partial charge in [0.05, 0.1) is 16.7 Å². The van der Waals surface area contributed by atoms with Crippen LogP contribution in [0.5, 0.6) is 5.75 Å². The summed E-state index contributed by atoms with van der Waals surface area (Å²) < 4.78 is 18.7. The number of rotatable bonds is 5. The number of hydrogen-bond acceptors (Lipinski definition) is 2. The van der Waals surface area contributed by atoms with Gasteiger partial charge < -0.3 is 10.1 Å². The van der Waals surface area contributed by atoms with Gasteiger partial charge in [-0.15, -0.1) is 0 Å². The summed E-state index contributed by atoms with van der Waals surface area (Å²) in [5, 5.41) is 4.18. The van der Waals surface area contributed by atoms with Crippen molar-refractivity contribution in [1.82, 2.24) is 0 Å². The quantitative estimate of drug-likeness (QED) is 0.737. The molecule has 21 heavy (non-hydrogen) atoms. The van der Waals surface area contributed by atoms with Gasteiger partial charge in [0.25, 0.3) is 0 Å². The van der Waals surface area contributed by atoms with E-state index in [0.717, 1.165) is 5.56 Å². The zero-order valence-corrected chi connectivity index (χ0v) is 13.5. The summed E-state index contributed by atoms with van der Waals surface area (Å²) in [4.78, 5) is 0. The first-order valence-electron chi connectivity index (χ1n) is 6.31. The van der Waals surface area contributed by atoms with Gasteiger partial charge in [0.15, 0.2) is 0 Å². The van der Waals surface area contributed by atoms with E-state index in [0.29, 0.717) is 34.6 Å². The van der Waals surface area contributed by atoms with E-state index in [9.17, 15) is 4.39 Å². The maximum absolute atomic E-state index is 13.1. The van der Waals surface area contributed by atoms with Gasteiger partial charge in [-0.2, -0.15) is 0 Å². The van der Waals surface area contributed by atoms with E-state index >= 15 is 0 Å². The van der Waals surface area contributed by atoms with Crippen LogP contribution >= 0.6 is 34.8 Å². The molecular formula is C15H13Cl3FNO. The maximum atomic E-state index is 13.1. The van der Waals surface area contributed by atoms with Crippen LogP contribution in [0.4, 0.5) is 10.1 Å². The van der Waals surface area contributed by atoms with Crippen LogP contribution < -0.4 is 10.1 Å². The summed E-state index contributed by atoms with van der Waals surface area (Å²) in [6.45, 7) is 2.80. The minimum Gasteiger partial charge on any atom is -0.492 e. The van der Waals surface area contributed by atoms with Crippen LogP contribution in [0.25, 0.3) is 0 Å². The number of ether oxygens (including phenoxy) is 1.